The summed E-state index contributed by atoms with van der Waals surface area (Å²) in [7, 11) is 0. The fourth-order valence-corrected chi connectivity index (χ4v) is 1.69. The van der Waals surface area contributed by atoms with E-state index in [-0.39, 0.29) is 5.02 Å². The molecule has 0 aliphatic heterocycles. The highest BCUT2D eigenvalue weighted by atomic mass is 35.5. The minimum Gasteiger partial charge on any atom is -0.457 e. The van der Waals surface area contributed by atoms with Gasteiger partial charge in [-0.1, -0.05) is 11.6 Å². The van der Waals surface area contributed by atoms with Crippen LogP contribution >= 0.6 is 11.6 Å². The summed E-state index contributed by atoms with van der Waals surface area (Å²) >= 11 is 5.66. The maximum absolute atomic E-state index is 13.0. The lowest BCUT2D eigenvalue weighted by atomic mass is 10.1. The van der Waals surface area contributed by atoms with Crippen LogP contribution in [0.15, 0.2) is 36.4 Å². The molecule has 0 heterocycles. The summed E-state index contributed by atoms with van der Waals surface area (Å²) in [6.45, 7) is 1.81. The van der Waals surface area contributed by atoms with E-state index in [9.17, 15) is 9.18 Å². The molecule has 0 radical (unpaired) electrons. The highest BCUT2D eigenvalue weighted by Crippen LogP contribution is 2.27. The molecule has 18 heavy (non-hydrogen) atoms. The van der Waals surface area contributed by atoms with Gasteiger partial charge in [-0.2, -0.15) is 0 Å². The molecule has 2 aromatic carbocycles. The molecule has 0 N–H and O–H groups in total. The quantitative estimate of drug-likeness (QED) is 0.769. The average Bonchev–Trinajstić information content (AvgIpc) is 2.34. The first-order valence-electron chi connectivity index (χ1n) is 5.29. The predicted molar refractivity (Wildman–Crippen MR) is 68.1 cm³/mol. The second kappa shape index (κ2) is 5.19. The molecular formula is C14H10ClFO2. The van der Waals surface area contributed by atoms with Crippen LogP contribution in [0.25, 0.3) is 0 Å². The molecule has 0 spiro atoms. The van der Waals surface area contributed by atoms with E-state index in [0.29, 0.717) is 17.1 Å². The Morgan fingerprint density at radius 2 is 1.83 bits per heavy atom. The molecule has 2 aromatic rings. The number of hydrogen-bond donors (Lipinski definition) is 0. The van der Waals surface area contributed by atoms with Crippen LogP contribution in [-0.2, 0) is 0 Å². The van der Waals surface area contributed by atoms with Gasteiger partial charge in [0.05, 0.1) is 5.02 Å². The van der Waals surface area contributed by atoms with E-state index >= 15 is 0 Å². The molecule has 0 bridgehead atoms. The first kappa shape index (κ1) is 12.6. The van der Waals surface area contributed by atoms with Crippen molar-refractivity contribution in [3.8, 4) is 11.5 Å². The largest absolute Gasteiger partial charge is 0.457 e. The minimum atomic E-state index is -0.489. The molecule has 2 nitrogen and oxygen atoms in total. The van der Waals surface area contributed by atoms with Gasteiger partial charge in [-0.05, 0) is 42.8 Å². The van der Waals surface area contributed by atoms with Crippen molar-refractivity contribution in [2.24, 2.45) is 0 Å². The van der Waals surface area contributed by atoms with Crippen LogP contribution in [0.1, 0.15) is 15.9 Å². The average molecular weight is 265 g/mol. The lowest BCUT2D eigenvalue weighted by Crippen LogP contribution is -1.89. The van der Waals surface area contributed by atoms with Gasteiger partial charge in [0.15, 0.2) is 0 Å². The van der Waals surface area contributed by atoms with E-state index < -0.39 is 5.82 Å². The molecule has 0 saturated heterocycles. The maximum atomic E-state index is 13.0. The SMILES string of the molecule is Cc1cc(Oc2ccc(F)c(Cl)c2)ccc1C=O. The monoisotopic (exact) mass is 264 g/mol. The summed E-state index contributed by atoms with van der Waals surface area (Å²) in [4.78, 5) is 10.7. The first-order valence-corrected chi connectivity index (χ1v) is 5.66. The summed E-state index contributed by atoms with van der Waals surface area (Å²) in [5, 5.41) is 0.00809. The van der Waals surface area contributed by atoms with Gasteiger partial charge in [-0.15, -0.1) is 0 Å². The fraction of sp³-hybridized carbons (Fsp3) is 0.0714. The summed E-state index contributed by atoms with van der Waals surface area (Å²) in [6.07, 6.45) is 0.786. The summed E-state index contributed by atoms with van der Waals surface area (Å²) < 4.78 is 18.5. The van der Waals surface area contributed by atoms with Crippen molar-refractivity contribution in [3.63, 3.8) is 0 Å². The van der Waals surface area contributed by atoms with Gasteiger partial charge in [0, 0.05) is 11.6 Å². The number of carbonyl (C=O) groups is 1. The van der Waals surface area contributed by atoms with Gasteiger partial charge in [0.25, 0.3) is 0 Å². The third kappa shape index (κ3) is 2.68. The topological polar surface area (TPSA) is 26.3 Å². The number of halogens is 2. The van der Waals surface area contributed by atoms with E-state index in [4.69, 9.17) is 16.3 Å². The molecule has 0 atom stereocenters. The van der Waals surface area contributed by atoms with Gasteiger partial charge < -0.3 is 4.74 Å². The van der Waals surface area contributed by atoms with Gasteiger partial charge in [0.1, 0.15) is 23.6 Å². The van der Waals surface area contributed by atoms with E-state index in [1.807, 2.05) is 6.92 Å². The molecule has 0 amide bonds. The van der Waals surface area contributed by atoms with Crippen LogP contribution in [-0.4, -0.2) is 6.29 Å². The van der Waals surface area contributed by atoms with E-state index in [1.165, 1.54) is 18.2 Å². The molecule has 0 fully saturated rings. The van der Waals surface area contributed by atoms with Gasteiger partial charge in [0.2, 0.25) is 0 Å². The van der Waals surface area contributed by atoms with Gasteiger partial charge in [-0.3, -0.25) is 4.79 Å². The Labute approximate surface area is 109 Å². The minimum absolute atomic E-state index is 0.00809. The highest BCUT2D eigenvalue weighted by molar-refractivity contribution is 6.30. The van der Waals surface area contributed by atoms with Gasteiger partial charge in [-0.25, -0.2) is 4.39 Å². The van der Waals surface area contributed by atoms with Crippen LogP contribution in [0.5, 0.6) is 11.5 Å². The Bertz CT molecular complexity index is 596. The number of aryl methyl sites for hydroxylation is 1. The molecule has 92 valence electrons. The molecule has 0 saturated carbocycles. The van der Waals surface area contributed by atoms with Crippen LogP contribution in [0.4, 0.5) is 4.39 Å². The normalized spacial score (nSPS) is 10.2. The van der Waals surface area contributed by atoms with E-state index in [1.54, 1.807) is 18.2 Å². The van der Waals surface area contributed by atoms with Crippen molar-refractivity contribution in [1.82, 2.24) is 0 Å². The number of benzene rings is 2. The molecule has 0 aliphatic carbocycles. The van der Waals surface area contributed by atoms with E-state index in [0.717, 1.165) is 11.8 Å². The third-order valence-electron chi connectivity index (χ3n) is 2.50. The summed E-state index contributed by atoms with van der Waals surface area (Å²) in [5.41, 5.74) is 1.43. The van der Waals surface area contributed by atoms with Crippen molar-refractivity contribution in [2.45, 2.75) is 6.92 Å². The van der Waals surface area contributed by atoms with Crippen molar-refractivity contribution >= 4 is 17.9 Å². The molecule has 2 rings (SSSR count). The molecule has 4 heteroatoms. The Hall–Kier alpha value is -1.87. The Morgan fingerprint density at radius 3 is 2.44 bits per heavy atom. The number of hydrogen-bond acceptors (Lipinski definition) is 2. The zero-order valence-corrected chi connectivity index (χ0v) is 10.4. The predicted octanol–water partition coefficient (Wildman–Crippen LogP) is 4.39. The summed E-state index contributed by atoms with van der Waals surface area (Å²) in [6, 6.07) is 9.21. The maximum Gasteiger partial charge on any atom is 0.150 e. The van der Waals surface area contributed by atoms with Crippen LogP contribution < -0.4 is 4.74 Å². The lowest BCUT2D eigenvalue weighted by molar-refractivity contribution is 0.112. The van der Waals surface area contributed by atoms with Crippen molar-refractivity contribution in [3.05, 3.63) is 58.4 Å². The molecule has 0 aromatic heterocycles. The lowest BCUT2D eigenvalue weighted by Gasteiger charge is -2.08. The Kier molecular flexibility index (Phi) is 3.63. The number of ether oxygens (including phenoxy) is 1. The van der Waals surface area contributed by atoms with Crippen molar-refractivity contribution in [1.29, 1.82) is 0 Å². The zero-order chi connectivity index (χ0) is 13.1. The molecular weight excluding hydrogens is 255 g/mol. The van der Waals surface area contributed by atoms with Crippen LogP contribution in [0.2, 0.25) is 5.02 Å². The standard InChI is InChI=1S/C14H10ClFO2/c1-9-6-11(3-2-10(9)8-17)18-12-4-5-14(16)13(15)7-12/h2-8H,1H3. The third-order valence-corrected chi connectivity index (χ3v) is 2.78. The number of aldehydes is 1. The van der Waals surface area contributed by atoms with Crippen molar-refractivity contribution < 1.29 is 13.9 Å². The first-order chi connectivity index (χ1) is 8.60. The van der Waals surface area contributed by atoms with Crippen LogP contribution in [0.3, 0.4) is 0 Å². The van der Waals surface area contributed by atoms with Crippen molar-refractivity contribution in [2.75, 3.05) is 0 Å². The zero-order valence-electron chi connectivity index (χ0n) is 9.61. The number of carbonyl (C=O) groups excluding carboxylic acids is 1. The van der Waals surface area contributed by atoms with E-state index in [2.05, 4.69) is 0 Å². The fourth-order valence-electron chi connectivity index (χ4n) is 1.52. The smallest absolute Gasteiger partial charge is 0.150 e. The van der Waals surface area contributed by atoms with Gasteiger partial charge >= 0.3 is 0 Å². The Balaban J connectivity index is 2.25. The summed E-state index contributed by atoms with van der Waals surface area (Å²) in [5.74, 6) is 0.525. The molecule has 0 unspecified atom stereocenters. The highest BCUT2D eigenvalue weighted by Gasteiger charge is 2.04. The number of rotatable bonds is 3. The second-order valence-corrected chi connectivity index (χ2v) is 4.22. The second-order valence-electron chi connectivity index (χ2n) is 3.81. The Morgan fingerprint density at radius 1 is 1.17 bits per heavy atom. The van der Waals surface area contributed by atoms with Crippen LogP contribution in [0, 0.1) is 12.7 Å². The molecule has 0 aliphatic rings.